The van der Waals surface area contributed by atoms with Crippen molar-refractivity contribution in [3.63, 3.8) is 0 Å². The van der Waals surface area contributed by atoms with Crippen LogP contribution in [0.25, 0.3) is 0 Å². The van der Waals surface area contributed by atoms with Gasteiger partial charge in [0, 0.05) is 13.5 Å². The Morgan fingerprint density at radius 2 is 1.66 bits per heavy atom. The Bertz CT molecular complexity index is 1490. The number of carboxylic acids is 1. The smallest absolute Gasteiger partial charge is 0.305 e. The number of hydrogen-bond acceptors (Lipinski definition) is 9. The van der Waals surface area contributed by atoms with Gasteiger partial charge in [0.2, 0.25) is 22.9 Å². The highest BCUT2D eigenvalue weighted by Gasteiger charge is 2.31. The van der Waals surface area contributed by atoms with E-state index in [1.54, 1.807) is 18.2 Å². The summed E-state index contributed by atoms with van der Waals surface area (Å²) in [7, 11) is 1.37. The van der Waals surface area contributed by atoms with Crippen molar-refractivity contribution in [1.29, 1.82) is 0 Å². The second-order valence-corrected chi connectivity index (χ2v) is 11.6. The minimum absolute atomic E-state index is 0.140. The van der Waals surface area contributed by atoms with Crippen LogP contribution in [0.5, 0.6) is 0 Å². The zero-order valence-corrected chi connectivity index (χ0v) is 26.4. The second kappa shape index (κ2) is 16.2. The van der Waals surface area contributed by atoms with Gasteiger partial charge in [0.15, 0.2) is 5.78 Å². The maximum atomic E-state index is 13.0. The molecule has 0 aliphatic heterocycles. The molecule has 234 valence electrons. The number of hydrogen-bond donors (Lipinski definition) is 3. The van der Waals surface area contributed by atoms with Crippen molar-refractivity contribution in [1.82, 2.24) is 35.7 Å². The molecule has 3 unspecified atom stereocenters. The topological polar surface area (TPSA) is 176 Å². The molecule has 0 spiro atoms. The van der Waals surface area contributed by atoms with Crippen molar-refractivity contribution in [3.05, 3.63) is 64.1 Å². The molecule has 16 heteroatoms. The number of halogens is 2. The molecule has 3 atom stereocenters. The lowest BCUT2D eigenvalue weighted by Crippen LogP contribution is -2.55. The van der Waals surface area contributed by atoms with E-state index in [2.05, 4.69) is 26.0 Å². The molecule has 3 N–H and O–H groups in total. The number of aryl methyl sites for hydroxylation is 1. The number of carboxylic acid groups (broad SMARTS) is 1. The third-order valence-electron chi connectivity index (χ3n) is 6.47. The van der Waals surface area contributed by atoms with Gasteiger partial charge >= 0.3 is 5.97 Å². The lowest BCUT2D eigenvalue weighted by Gasteiger charge is -2.28. The summed E-state index contributed by atoms with van der Waals surface area (Å²) in [6.07, 6.45) is -0.0372. The number of nitrogens with zero attached hydrogens (tertiary/aromatic N) is 5. The number of benzene rings is 2. The number of ketones is 1. The number of carbonyl (C=O) groups is 5. The zero-order valence-electron chi connectivity index (χ0n) is 24.1. The molecule has 3 amide bonds. The first kappa shape index (κ1) is 34.5. The van der Waals surface area contributed by atoms with Gasteiger partial charge in [-0.3, -0.25) is 24.0 Å². The van der Waals surface area contributed by atoms with Crippen molar-refractivity contribution >= 4 is 64.4 Å². The van der Waals surface area contributed by atoms with E-state index < -0.39 is 54.7 Å². The van der Waals surface area contributed by atoms with E-state index in [-0.39, 0.29) is 17.5 Å². The summed E-state index contributed by atoms with van der Waals surface area (Å²) in [5, 5.41) is 27.0. The fourth-order valence-electron chi connectivity index (χ4n) is 3.92. The van der Waals surface area contributed by atoms with E-state index >= 15 is 0 Å². The summed E-state index contributed by atoms with van der Waals surface area (Å²) in [4.78, 5) is 65.3. The number of amides is 3. The average molecular weight is 665 g/mol. The number of aromatic nitrogens is 4. The molecule has 1 heterocycles. The third-order valence-corrected chi connectivity index (χ3v) is 8.31. The first-order valence-corrected chi connectivity index (χ1v) is 15.0. The van der Waals surface area contributed by atoms with Crippen LogP contribution in [0.15, 0.2) is 58.6 Å². The minimum Gasteiger partial charge on any atom is -0.481 e. The zero-order chi connectivity index (χ0) is 32.4. The van der Waals surface area contributed by atoms with Crippen molar-refractivity contribution in [2.24, 2.45) is 0 Å². The van der Waals surface area contributed by atoms with Gasteiger partial charge in [-0.2, -0.15) is 4.80 Å². The van der Waals surface area contributed by atoms with Crippen LogP contribution in [0.4, 0.5) is 0 Å². The maximum absolute atomic E-state index is 13.0. The van der Waals surface area contributed by atoms with Crippen LogP contribution in [-0.2, 0) is 36.9 Å². The van der Waals surface area contributed by atoms with Gasteiger partial charge in [0.25, 0.3) is 0 Å². The van der Waals surface area contributed by atoms with E-state index in [0.29, 0.717) is 21.4 Å². The van der Waals surface area contributed by atoms with Crippen LogP contribution in [0.2, 0.25) is 10.0 Å². The Balaban J connectivity index is 1.57. The number of nitrogens with one attached hydrogen (secondary N) is 2. The summed E-state index contributed by atoms with van der Waals surface area (Å²) in [5.41, 5.74) is 0.982. The van der Waals surface area contributed by atoms with Gasteiger partial charge in [0.05, 0.1) is 21.4 Å². The lowest BCUT2D eigenvalue weighted by atomic mass is 10.1. The molecule has 0 aliphatic rings. The fourth-order valence-corrected chi connectivity index (χ4v) is 5.27. The fraction of sp³-hybridized carbons (Fsp3) is 0.357. The number of tetrazole rings is 1. The van der Waals surface area contributed by atoms with E-state index in [0.717, 1.165) is 27.0 Å². The summed E-state index contributed by atoms with van der Waals surface area (Å²) >= 11 is 13.4. The molecule has 3 rings (SSSR count). The van der Waals surface area contributed by atoms with Crippen LogP contribution < -0.4 is 10.6 Å². The molecule has 0 fully saturated rings. The van der Waals surface area contributed by atoms with Crippen molar-refractivity contribution in [3.8, 4) is 0 Å². The average Bonchev–Trinajstić information content (AvgIpc) is 3.43. The van der Waals surface area contributed by atoms with E-state index in [9.17, 15) is 29.1 Å². The van der Waals surface area contributed by atoms with Gasteiger partial charge in [-0.05, 0) is 54.9 Å². The van der Waals surface area contributed by atoms with E-state index in [1.165, 1.54) is 20.9 Å². The third kappa shape index (κ3) is 10.0. The summed E-state index contributed by atoms with van der Waals surface area (Å²) in [5.74, 6) is -3.67. The summed E-state index contributed by atoms with van der Waals surface area (Å²) in [6.45, 7) is 2.43. The largest absolute Gasteiger partial charge is 0.481 e. The Kier molecular flexibility index (Phi) is 12.7. The normalized spacial score (nSPS) is 12.9. The molecule has 44 heavy (non-hydrogen) atoms. The molecule has 1 aromatic heterocycles. The molecule has 0 saturated heterocycles. The van der Waals surface area contributed by atoms with Crippen LogP contribution >= 0.6 is 35.0 Å². The standard InChI is InChI=1S/C28H31Cl2N7O6S/c1-16(31-23(39)13-12-18-8-5-4-6-9-18)27(43)36(3)17(2)26(42)32-21(14-24(40)41)22(38)15-37-34-28(33-35-37)44-25-19(29)10-7-11-20(25)30/h4-11,16-17,21H,12-15H2,1-3H3,(H,31,39)(H,32,42)(H,40,41). The number of aliphatic carboxylic acids is 1. The Labute approximate surface area is 267 Å². The Morgan fingerprint density at radius 3 is 2.30 bits per heavy atom. The number of Topliss-reactive ketones (excluding diaryl/α,β-unsaturated/α-hetero) is 1. The maximum Gasteiger partial charge on any atom is 0.305 e. The quantitative estimate of drug-likeness (QED) is 0.219. The van der Waals surface area contributed by atoms with Crippen LogP contribution in [-0.4, -0.2) is 84.9 Å². The number of carbonyl (C=O) groups excluding carboxylic acids is 4. The summed E-state index contributed by atoms with van der Waals surface area (Å²) in [6, 6.07) is 10.9. The van der Waals surface area contributed by atoms with Crippen molar-refractivity contribution in [2.45, 2.75) is 67.8 Å². The van der Waals surface area contributed by atoms with Gasteiger partial charge < -0.3 is 20.6 Å². The Hall–Kier alpha value is -4.01. The highest BCUT2D eigenvalue weighted by atomic mass is 35.5. The minimum atomic E-state index is -1.44. The monoisotopic (exact) mass is 663 g/mol. The highest BCUT2D eigenvalue weighted by Crippen LogP contribution is 2.36. The van der Waals surface area contributed by atoms with Crippen LogP contribution in [0.3, 0.4) is 0 Å². The van der Waals surface area contributed by atoms with Gasteiger partial charge in [0.1, 0.15) is 24.7 Å². The SMILES string of the molecule is CC(NC(=O)CCc1ccccc1)C(=O)N(C)C(C)C(=O)NC(CC(=O)O)C(=O)Cn1nnc(Sc2c(Cl)cccc2Cl)n1. The molecule has 0 bridgehead atoms. The molecule has 3 aromatic rings. The predicted molar refractivity (Wildman–Crippen MR) is 162 cm³/mol. The highest BCUT2D eigenvalue weighted by molar-refractivity contribution is 7.99. The van der Waals surface area contributed by atoms with Gasteiger partial charge in [-0.1, -0.05) is 59.6 Å². The molecular formula is C28H31Cl2N7O6S. The molecular weight excluding hydrogens is 633 g/mol. The first-order chi connectivity index (χ1) is 20.8. The van der Waals surface area contributed by atoms with Crippen LogP contribution in [0.1, 0.15) is 32.3 Å². The van der Waals surface area contributed by atoms with Crippen molar-refractivity contribution in [2.75, 3.05) is 7.05 Å². The van der Waals surface area contributed by atoms with Gasteiger partial charge in [-0.25, -0.2) is 0 Å². The van der Waals surface area contributed by atoms with E-state index in [1.807, 2.05) is 30.3 Å². The predicted octanol–water partition coefficient (Wildman–Crippen LogP) is 2.64. The molecule has 0 aliphatic carbocycles. The molecule has 0 radical (unpaired) electrons. The number of likely N-dealkylation sites (N-methyl/N-ethyl adjacent to an activating group) is 1. The molecule has 0 saturated carbocycles. The van der Waals surface area contributed by atoms with Crippen LogP contribution in [0, 0.1) is 0 Å². The Morgan fingerprint density at radius 1 is 1.00 bits per heavy atom. The molecule has 2 aromatic carbocycles. The van der Waals surface area contributed by atoms with Gasteiger partial charge in [-0.15, -0.1) is 10.2 Å². The number of rotatable bonds is 15. The summed E-state index contributed by atoms with van der Waals surface area (Å²) < 4.78 is 0. The first-order valence-electron chi connectivity index (χ1n) is 13.4. The lowest BCUT2D eigenvalue weighted by molar-refractivity contribution is -0.143. The molecule has 13 nitrogen and oxygen atoms in total. The van der Waals surface area contributed by atoms with Crippen molar-refractivity contribution < 1.29 is 29.1 Å². The van der Waals surface area contributed by atoms with E-state index in [4.69, 9.17) is 23.2 Å². The second-order valence-electron chi connectivity index (χ2n) is 9.78.